The molecule has 1 aromatic carbocycles. The van der Waals surface area contributed by atoms with Gasteiger partial charge >= 0.3 is 0 Å². The van der Waals surface area contributed by atoms with Gasteiger partial charge in [-0.3, -0.25) is 0 Å². The molecule has 0 nitrogen and oxygen atoms in total. The molecule has 2 unspecified atom stereocenters. The molecule has 0 aromatic heterocycles. The molecule has 0 N–H and O–H groups in total. The Balaban J connectivity index is 2.11. The molecule has 1 fully saturated rings. The third-order valence-corrected chi connectivity index (χ3v) is 5.06. The molecule has 0 radical (unpaired) electrons. The van der Waals surface area contributed by atoms with Gasteiger partial charge in [0.1, 0.15) is 11.5 Å². The molecule has 0 aliphatic carbocycles. The SMILES string of the molecule is CC1CC[S+](c2ccccc2)C1. The summed E-state index contributed by atoms with van der Waals surface area (Å²) in [6.07, 6.45) is 1.43. The van der Waals surface area contributed by atoms with Crippen molar-refractivity contribution in [3.8, 4) is 0 Å². The molecular formula is C11H15S+. The number of rotatable bonds is 1. The zero-order chi connectivity index (χ0) is 8.39. The third kappa shape index (κ3) is 1.66. The summed E-state index contributed by atoms with van der Waals surface area (Å²) < 4.78 is 0. The lowest BCUT2D eigenvalue weighted by Crippen LogP contribution is -2.04. The van der Waals surface area contributed by atoms with Gasteiger partial charge in [0.2, 0.25) is 0 Å². The first-order chi connectivity index (χ1) is 5.86. The predicted molar refractivity (Wildman–Crippen MR) is 55.6 cm³/mol. The van der Waals surface area contributed by atoms with E-state index in [0.717, 1.165) is 5.92 Å². The van der Waals surface area contributed by atoms with Crippen molar-refractivity contribution in [2.45, 2.75) is 18.2 Å². The summed E-state index contributed by atoms with van der Waals surface area (Å²) in [5.41, 5.74) is 0. The van der Waals surface area contributed by atoms with E-state index in [-0.39, 0.29) is 0 Å². The molecule has 1 aromatic rings. The van der Waals surface area contributed by atoms with E-state index >= 15 is 0 Å². The molecule has 0 amide bonds. The van der Waals surface area contributed by atoms with Crippen molar-refractivity contribution < 1.29 is 0 Å². The van der Waals surface area contributed by atoms with Gasteiger partial charge < -0.3 is 0 Å². The average molecular weight is 179 g/mol. The number of hydrogen-bond acceptors (Lipinski definition) is 0. The van der Waals surface area contributed by atoms with Crippen molar-refractivity contribution in [3.63, 3.8) is 0 Å². The molecule has 2 rings (SSSR count). The van der Waals surface area contributed by atoms with Gasteiger partial charge in [0.25, 0.3) is 0 Å². The molecule has 64 valence electrons. The second-order valence-corrected chi connectivity index (χ2v) is 5.77. The van der Waals surface area contributed by atoms with Gasteiger partial charge in [-0.2, -0.15) is 0 Å². The molecule has 12 heavy (non-hydrogen) atoms. The van der Waals surface area contributed by atoms with E-state index in [9.17, 15) is 0 Å². The minimum Gasteiger partial charge on any atom is -0.0619 e. The second-order valence-electron chi connectivity index (χ2n) is 3.57. The van der Waals surface area contributed by atoms with Crippen molar-refractivity contribution in [2.24, 2.45) is 5.92 Å². The van der Waals surface area contributed by atoms with Crippen LogP contribution >= 0.6 is 0 Å². The van der Waals surface area contributed by atoms with Crippen LogP contribution in [-0.4, -0.2) is 11.5 Å². The van der Waals surface area contributed by atoms with E-state index in [4.69, 9.17) is 0 Å². The van der Waals surface area contributed by atoms with Crippen molar-refractivity contribution in [1.29, 1.82) is 0 Å². The van der Waals surface area contributed by atoms with E-state index in [0.29, 0.717) is 10.9 Å². The Morgan fingerprint density at radius 3 is 2.58 bits per heavy atom. The van der Waals surface area contributed by atoms with Crippen LogP contribution in [-0.2, 0) is 10.9 Å². The van der Waals surface area contributed by atoms with E-state index in [1.807, 2.05) is 0 Å². The van der Waals surface area contributed by atoms with Crippen LogP contribution in [0, 0.1) is 5.92 Å². The predicted octanol–water partition coefficient (Wildman–Crippen LogP) is 2.70. The highest BCUT2D eigenvalue weighted by molar-refractivity contribution is 7.97. The van der Waals surface area contributed by atoms with E-state index in [1.165, 1.54) is 17.9 Å². The van der Waals surface area contributed by atoms with Crippen molar-refractivity contribution in [2.75, 3.05) is 11.5 Å². The van der Waals surface area contributed by atoms with E-state index < -0.39 is 0 Å². The monoisotopic (exact) mass is 179 g/mol. The third-order valence-electron chi connectivity index (χ3n) is 2.42. The van der Waals surface area contributed by atoms with Gasteiger partial charge in [0.05, 0.1) is 0 Å². The summed E-state index contributed by atoms with van der Waals surface area (Å²) >= 11 is 0. The normalized spacial score (nSPS) is 29.1. The van der Waals surface area contributed by atoms with Crippen LogP contribution in [0.2, 0.25) is 0 Å². The molecule has 1 heteroatoms. The largest absolute Gasteiger partial charge is 0.154 e. The molecule has 1 aliphatic heterocycles. The molecule has 1 aliphatic rings. The average Bonchev–Trinajstić information content (AvgIpc) is 2.54. The van der Waals surface area contributed by atoms with E-state index in [1.54, 1.807) is 4.90 Å². The van der Waals surface area contributed by atoms with Gasteiger partial charge in [-0.15, -0.1) is 0 Å². The smallest absolute Gasteiger partial charge is 0.0619 e. The Kier molecular flexibility index (Phi) is 2.40. The Bertz CT molecular complexity index is 242. The van der Waals surface area contributed by atoms with Crippen LogP contribution in [0.3, 0.4) is 0 Å². The maximum Gasteiger partial charge on any atom is 0.154 e. The first-order valence-electron chi connectivity index (χ1n) is 4.59. The molecule has 0 saturated carbocycles. The minimum atomic E-state index is 0.579. The number of hydrogen-bond donors (Lipinski definition) is 0. The quantitative estimate of drug-likeness (QED) is 0.581. The lowest BCUT2D eigenvalue weighted by molar-refractivity contribution is 0.669. The second kappa shape index (κ2) is 3.53. The van der Waals surface area contributed by atoms with Crippen LogP contribution in [0.1, 0.15) is 13.3 Å². The van der Waals surface area contributed by atoms with Crippen LogP contribution in [0.15, 0.2) is 35.2 Å². The maximum absolute atomic E-state index is 2.37. The summed E-state index contributed by atoms with van der Waals surface area (Å²) in [4.78, 5) is 1.57. The fourth-order valence-corrected chi connectivity index (χ4v) is 4.36. The molecule has 0 bridgehead atoms. The fraction of sp³-hybridized carbons (Fsp3) is 0.455. The zero-order valence-corrected chi connectivity index (χ0v) is 8.31. The Labute approximate surface area is 77.3 Å². The standard InChI is InChI=1S/C11H15S/c1-10-7-8-12(9-10)11-5-3-2-4-6-11/h2-6,10H,7-9H2,1H3/q+1. The summed E-state index contributed by atoms with van der Waals surface area (Å²) in [7, 11) is 0.579. The summed E-state index contributed by atoms with van der Waals surface area (Å²) in [6, 6.07) is 11.0. The first-order valence-corrected chi connectivity index (χ1v) is 6.15. The van der Waals surface area contributed by atoms with Gasteiger partial charge in [-0.25, -0.2) is 0 Å². The summed E-state index contributed by atoms with van der Waals surface area (Å²) in [5.74, 6) is 3.79. The Hall–Kier alpha value is -0.430. The lowest BCUT2D eigenvalue weighted by atomic mass is 10.2. The first kappa shape index (κ1) is 8.18. The summed E-state index contributed by atoms with van der Waals surface area (Å²) in [6.45, 7) is 2.37. The number of benzene rings is 1. The molecular weight excluding hydrogens is 164 g/mol. The van der Waals surface area contributed by atoms with Crippen LogP contribution in [0.25, 0.3) is 0 Å². The molecule has 2 atom stereocenters. The lowest BCUT2D eigenvalue weighted by Gasteiger charge is -1.98. The minimum absolute atomic E-state index is 0.579. The van der Waals surface area contributed by atoms with Gasteiger partial charge in [0, 0.05) is 16.8 Å². The molecule has 0 spiro atoms. The van der Waals surface area contributed by atoms with Crippen molar-refractivity contribution in [1.82, 2.24) is 0 Å². The highest BCUT2D eigenvalue weighted by Gasteiger charge is 2.31. The zero-order valence-electron chi connectivity index (χ0n) is 7.49. The van der Waals surface area contributed by atoms with Gasteiger partial charge in [-0.1, -0.05) is 25.1 Å². The molecule has 1 heterocycles. The Morgan fingerprint density at radius 2 is 2.00 bits per heavy atom. The van der Waals surface area contributed by atoms with Crippen molar-refractivity contribution in [3.05, 3.63) is 30.3 Å². The van der Waals surface area contributed by atoms with Crippen LogP contribution < -0.4 is 0 Å². The van der Waals surface area contributed by atoms with Crippen molar-refractivity contribution >= 4 is 10.9 Å². The highest BCUT2D eigenvalue weighted by atomic mass is 32.2. The van der Waals surface area contributed by atoms with E-state index in [2.05, 4.69) is 37.3 Å². The van der Waals surface area contributed by atoms with Gasteiger partial charge in [-0.05, 0) is 18.6 Å². The van der Waals surface area contributed by atoms with Gasteiger partial charge in [0.15, 0.2) is 4.90 Å². The molecule has 1 saturated heterocycles. The maximum atomic E-state index is 2.37. The highest BCUT2D eigenvalue weighted by Crippen LogP contribution is 2.26. The topological polar surface area (TPSA) is 0 Å². The fourth-order valence-electron chi connectivity index (χ4n) is 1.68. The Morgan fingerprint density at radius 1 is 1.25 bits per heavy atom. The summed E-state index contributed by atoms with van der Waals surface area (Å²) in [5, 5.41) is 0. The van der Waals surface area contributed by atoms with Crippen LogP contribution in [0.4, 0.5) is 0 Å². The van der Waals surface area contributed by atoms with Crippen LogP contribution in [0.5, 0.6) is 0 Å².